The molecular formula is C18H21N5O3S. The summed E-state index contributed by atoms with van der Waals surface area (Å²) in [5.41, 5.74) is 1.25. The Hall–Kier alpha value is -2.26. The Morgan fingerprint density at radius 1 is 1.19 bits per heavy atom. The number of benzene rings is 1. The number of sulfonamides is 1. The van der Waals surface area contributed by atoms with Crippen LogP contribution >= 0.6 is 0 Å². The highest BCUT2D eigenvalue weighted by atomic mass is 32.2. The molecule has 4 atom stereocenters. The number of rotatable bonds is 3. The van der Waals surface area contributed by atoms with Gasteiger partial charge in [0.2, 0.25) is 10.0 Å². The number of nitrogens with one attached hydrogen (secondary N) is 1. The first-order chi connectivity index (χ1) is 13.0. The number of nitrogens with zero attached hydrogens (tertiary/aromatic N) is 4. The molecule has 0 saturated carbocycles. The van der Waals surface area contributed by atoms with Crippen molar-refractivity contribution >= 4 is 15.9 Å². The predicted molar refractivity (Wildman–Crippen MR) is 96.3 cm³/mol. The van der Waals surface area contributed by atoms with Crippen LogP contribution in [0.15, 0.2) is 35.4 Å². The summed E-state index contributed by atoms with van der Waals surface area (Å²) < 4.78 is 28.4. The van der Waals surface area contributed by atoms with E-state index in [0.717, 1.165) is 18.4 Å². The fourth-order valence-electron chi connectivity index (χ4n) is 5.20. The third-order valence-electron chi connectivity index (χ3n) is 6.30. The second-order valence-corrected chi connectivity index (χ2v) is 9.60. The number of aromatic amines is 1. The Morgan fingerprint density at radius 3 is 2.48 bits per heavy atom. The zero-order valence-electron chi connectivity index (χ0n) is 14.9. The van der Waals surface area contributed by atoms with Crippen molar-refractivity contribution in [2.75, 3.05) is 13.1 Å². The lowest BCUT2D eigenvalue weighted by Crippen LogP contribution is -2.41. The van der Waals surface area contributed by atoms with E-state index in [1.807, 2.05) is 13.0 Å². The molecule has 3 fully saturated rings. The highest BCUT2D eigenvalue weighted by Gasteiger charge is 2.60. The molecule has 1 aromatic heterocycles. The van der Waals surface area contributed by atoms with Crippen LogP contribution in [0.3, 0.4) is 0 Å². The van der Waals surface area contributed by atoms with Crippen molar-refractivity contribution in [2.24, 2.45) is 11.8 Å². The molecule has 0 unspecified atom stereocenters. The summed E-state index contributed by atoms with van der Waals surface area (Å²) in [5.74, 6) is 0.254. The molecule has 2 bridgehead atoms. The highest BCUT2D eigenvalue weighted by molar-refractivity contribution is 7.89. The summed E-state index contributed by atoms with van der Waals surface area (Å²) in [6, 6.07) is 7.06. The maximum Gasteiger partial charge on any atom is 0.276 e. The predicted octanol–water partition coefficient (Wildman–Crippen LogP) is 1.04. The van der Waals surface area contributed by atoms with Gasteiger partial charge in [-0.1, -0.05) is 12.1 Å². The molecule has 0 aliphatic carbocycles. The highest BCUT2D eigenvalue weighted by Crippen LogP contribution is 2.51. The van der Waals surface area contributed by atoms with Gasteiger partial charge in [-0.25, -0.2) is 8.42 Å². The maximum absolute atomic E-state index is 13.3. The average Bonchev–Trinajstić information content (AvgIpc) is 3.42. The molecule has 2 aromatic rings. The number of hydrogen-bond acceptors (Lipinski definition) is 5. The van der Waals surface area contributed by atoms with Crippen LogP contribution in [0, 0.1) is 18.8 Å². The number of likely N-dealkylation sites (tertiary alicyclic amines) is 1. The summed E-state index contributed by atoms with van der Waals surface area (Å²) in [7, 11) is -3.52. The van der Waals surface area contributed by atoms with E-state index in [9.17, 15) is 13.2 Å². The van der Waals surface area contributed by atoms with E-state index in [1.54, 1.807) is 27.4 Å². The lowest BCUT2D eigenvalue weighted by atomic mass is 9.82. The molecule has 9 heteroatoms. The average molecular weight is 387 g/mol. The monoisotopic (exact) mass is 387 g/mol. The van der Waals surface area contributed by atoms with E-state index in [1.165, 1.54) is 6.20 Å². The first-order valence-electron chi connectivity index (χ1n) is 9.22. The summed E-state index contributed by atoms with van der Waals surface area (Å²) in [6.45, 7) is 3.06. The van der Waals surface area contributed by atoms with Crippen molar-refractivity contribution in [1.82, 2.24) is 24.6 Å². The topological polar surface area (TPSA) is 99.3 Å². The van der Waals surface area contributed by atoms with Gasteiger partial charge in [-0.15, -0.1) is 0 Å². The van der Waals surface area contributed by atoms with Gasteiger partial charge in [-0.3, -0.25) is 4.79 Å². The van der Waals surface area contributed by atoms with Gasteiger partial charge >= 0.3 is 0 Å². The Kier molecular flexibility index (Phi) is 3.67. The molecule has 27 heavy (non-hydrogen) atoms. The van der Waals surface area contributed by atoms with Gasteiger partial charge in [-0.05, 0) is 49.3 Å². The minimum Gasteiger partial charge on any atom is -0.336 e. The molecule has 3 aliphatic heterocycles. The molecule has 1 aromatic carbocycles. The van der Waals surface area contributed by atoms with Crippen molar-refractivity contribution in [3.63, 3.8) is 0 Å². The summed E-state index contributed by atoms with van der Waals surface area (Å²) >= 11 is 0. The third kappa shape index (κ3) is 2.45. The van der Waals surface area contributed by atoms with Crippen LogP contribution in [0.5, 0.6) is 0 Å². The molecule has 0 spiro atoms. The van der Waals surface area contributed by atoms with Gasteiger partial charge in [0.1, 0.15) is 0 Å². The molecule has 3 aliphatic rings. The summed E-state index contributed by atoms with van der Waals surface area (Å²) in [4.78, 5) is 14.8. The van der Waals surface area contributed by atoms with E-state index in [4.69, 9.17) is 0 Å². The number of carbonyl (C=O) groups is 1. The lowest BCUT2D eigenvalue weighted by Gasteiger charge is -2.26. The molecule has 1 amide bonds. The zero-order chi connectivity index (χ0) is 18.8. The number of H-pyrrole nitrogens is 1. The Bertz CT molecular complexity index is 970. The van der Waals surface area contributed by atoms with Crippen molar-refractivity contribution < 1.29 is 13.2 Å². The minimum atomic E-state index is -3.52. The van der Waals surface area contributed by atoms with Crippen molar-refractivity contribution in [1.29, 1.82) is 0 Å². The van der Waals surface area contributed by atoms with E-state index >= 15 is 0 Å². The smallest absolute Gasteiger partial charge is 0.276 e. The molecule has 5 rings (SSSR count). The van der Waals surface area contributed by atoms with E-state index in [2.05, 4.69) is 15.4 Å². The van der Waals surface area contributed by atoms with Gasteiger partial charge in [0.15, 0.2) is 5.69 Å². The quantitative estimate of drug-likeness (QED) is 0.848. The number of fused-ring (bicyclic) bond motifs is 5. The second-order valence-electron chi connectivity index (χ2n) is 7.76. The molecule has 4 heterocycles. The third-order valence-corrected chi connectivity index (χ3v) is 8.25. The number of aryl methyl sites for hydroxylation is 1. The van der Waals surface area contributed by atoms with E-state index < -0.39 is 10.0 Å². The van der Waals surface area contributed by atoms with Crippen molar-refractivity contribution in [3.8, 4) is 0 Å². The lowest BCUT2D eigenvalue weighted by molar-refractivity contribution is 0.0767. The SMILES string of the molecule is Cc1cccc(S(=O)(=O)N2[C@@H]3CC[C@H]2[C@H]2CN(C(=O)c4cn[nH]n4)C[C@H]23)c1. The van der Waals surface area contributed by atoms with Crippen LogP contribution < -0.4 is 0 Å². The fraction of sp³-hybridized carbons (Fsp3) is 0.500. The van der Waals surface area contributed by atoms with Crippen LogP contribution in [-0.4, -0.2) is 64.1 Å². The molecule has 142 valence electrons. The van der Waals surface area contributed by atoms with E-state index in [0.29, 0.717) is 23.7 Å². The van der Waals surface area contributed by atoms with Crippen LogP contribution in [0.4, 0.5) is 0 Å². The molecule has 1 N–H and O–H groups in total. The van der Waals surface area contributed by atoms with Crippen LogP contribution in [0.1, 0.15) is 28.9 Å². The molecule has 0 radical (unpaired) electrons. The van der Waals surface area contributed by atoms with Crippen molar-refractivity contribution in [2.45, 2.75) is 36.7 Å². The summed E-state index contributed by atoms with van der Waals surface area (Å²) in [6.07, 6.45) is 3.16. The summed E-state index contributed by atoms with van der Waals surface area (Å²) in [5, 5.41) is 10.0. The standard InChI is InChI=1S/C18H21N5O3S/c1-11-3-2-4-12(7-11)27(25,26)23-16-5-6-17(23)14-10-22(9-13(14)16)18(24)15-8-19-21-20-15/h2-4,7-8,13-14,16-17H,5-6,9-10H2,1H3,(H,19,20,21)/t13-,14+,16-,17+. The van der Waals surface area contributed by atoms with Gasteiger partial charge in [0.05, 0.1) is 11.1 Å². The number of hydrogen-bond donors (Lipinski definition) is 1. The van der Waals surface area contributed by atoms with E-state index in [-0.39, 0.29) is 29.8 Å². The largest absolute Gasteiger partial charge is 0.336 e. The first kappa shape index (κ1) is 16.9. The minimum absolute atomic E-state index is 0.0272. The van der Waals surface area contributed by atoms with Crippen LogP contribution in [0.25, 0.3) is 0 Å². The Morgan fingerprint density at radius 2 is 1.89 bits per heavy atom. The first-order valence-corrected chi connectivity index (χ1v) is 10.7. The molecule has 3 saturated heterocycles. The number of carbonyl (C=O) groups excluding carboxylic acids is 1. The molecule has 8 nitrogen and oxygen atoms in total. The Labute approximate surface area is 157 Å². The second kappa shape index (κ2) is 5.87. The van der Waals surface area contributed by atoms with Gasteiger partial charge in [0.25, 0.3) is 5.91 Å². The van der Waals surface area contributed by atoms with Crippen LogP contribution in [-0.2, 0) is 10.0 Å². The van der Waals surface area contributed by atoms with Gasteiger partial charge in [0, 0.05) is 25.2 Å². The molecular weight excluding hydrogens is 366 g/mol. The number of aromatic nitrogens is 3. The number of amides is 1. The van der Waals surface area contributed by atoms with Crippen LogP contribution in [0.2, 0.25) is 0 Å². The fourth-order valence-corrected chi connectivity index (χ4v) is 7.27. The Balaban J connectivity index is 1.41. The van der Waals surface area contributed by atoms with Gasteiger partial charge in [-0.2, -0.15) is 19.7 Å². The normalized spacial score (nSPS) is 30.0. The zero-order valence-corrected chi connectivity index (χ0v) is 15.8. The van der Waals surface area contributed by atoms with Gasteiger partial charge < -0.3 is 4.90 Å². The maximum atomic E-state index is 13.3. The van der Waals surface area contributed by atoms with Crippen molar-refractivity contribution in [3.05, 3.63) is 41.7 Å².